The molecule has 117 heavy (non-hydrogen) atoms. The van der Waals surface area contributed by atoms with Crippen LogP contribution in [0.1, 0.15) is 123 Å². The van der Waals surface area contributed by atoms with Crippen molar-refractivity contribution in [2.24, 2.45) is 0 Å². The van der Waals surface area contributed by atoms with E-state index >= 15 is 0 Å². The second kappa shape index (κ2) is 29.8. The molecule has 586 valence electrons. The first-order valence-corrected chi connectivity index (χ1v) is 40.7. The molecule has 0 amide bonds. The summed E-state index contributed by atoms with van der Waals surface area (Å²) in [5.74, 6) is 1.86. The van der Waals surface area contributed by atoms with E-state index in [1.54, 1.807) is 0 Å². The summed E-state index contributed by atoms with van der Waals surface area (Å²) in [6.45, 7) is 34.5. The van der Waals surface area contributed by atoms with Gasteiger partial charge < -0.3 is 56.9 Å². The highest BCUT2D eigenvalue weighted by molar-refractivity contribution is 6.13. The first-order valence-electron chi connectivity index (χ1n) is 40.7. The van der Waals surface area contributed by atoms with Crippen molar-refractivity contribution in [3.05, 3.63) is 299 Å². The Morgan fingerprint density at radius 1 is 0.291 bits per heavy atom. The number of pyridine rings is 5. The van der Waals surface area contributed by atoms with Crippen LogP contribution in [-0.4, -0.2) is 56.6 Å². The molecule has 0 fully saturated rings. The van der Waals surface area contributed by atoms with Crippen molar-refractivity contribution >= 4 is 151 Å². The number of furan rings is 4. The SMILES string of the molecule is Cc1ccc2c(n1)oc1c(N3C=CN(c4c(C(C)C)cccc4C(C)C)C3C)c(C)ccc12.Cc1ccc2c(n1)oc1c(N3C=CN(c4ccccc4)C3C)c(C)ccc12.Cc1ccc2c(n1)oc1c(N3c4ccccc4N(c4ccccc4)C3C)c(C)ccc12.Cc1ccc2c(n1)oc1c(N3c4ncccc4N(C)C3C)c(C)ccc12. The third kappa shape index (κ3) is 12.8. The third-order valence-corrected chi connectivity index (χ3v) is 23.8. The average Bonchev–Trinajstić information content (AvgIpc) is 1.58. The highest BCUT2D eigenvalue weighted by Crippen LogP contribution is 2.53. The number of aromatic nitrogens is 5. The minimum atomic E-state index is 0.0898. The summed E-state index contributed by atoms with van der Waals surface area (Å²) >= 11 is 0. The molecule has 17 aromatic rings. The number of fused-ring (bicyclic) bond motifs is 14. The molecule has 17 nitrogen and oxygen atoms in total. The number of benzene rings is 8. The van der Waals surface area contributed by atoms with Gasteiger partial charge in [0.2, 0.25) is 22.9 Å². The summed E-state index contributed by atoms with van der Waals surface area (Å²) < 4.78 is 25.3. The summed E-state index contributed by atoms with van der Waals surface area (Å²) in [7, 11) is 2.10. The third-order valence-electron chi connectivity index (χ3n) is 23.8. The number of aryl methyl sites for hydroxylation is 8. The summed E-state index contributed by atoms with van der Waals surface area (Å²) in [5.41, 5.74) is 29.3. The molecule has 4 aliphatic rings. The van der Waals surface area contributed by atoms with Crippen LogP contribution in [0.2, 0.25) is 0 Å². The van der Waals surface area contributed by atoms with Gasteiger partial charge in [0.05, 0.1) is 39.8 Å². The van der Waals surface area contributed by atoms with E-state index in [2.05, 4.69) is 355 Å². The minimum Gasteiger partial charge on any atom is -0.435 e. The molecule has 9 aromatic heterocycles. The molecular weight excluding hydrogens is 1450 g/mol. The van der Waals surface area contributed by atoms with Crippen LogP contribution in [0, 0.1) is 55.4 Å². The lowest BCUT2D eigenvalue weighted by molar-refractivity contribution is 0.646. The van der Waals surface area contributed by atoms with Crippen molar-refractivity contribution < 1.29 is 17.7 Å². The maximum Gasteiger partial charge on any atom is 0.227 e. The molecule has 0 saturated carbocycles. The monoisotopic (exact) mass is 1540 g/mol. The average molecular weight is 1540 g/mol. The molecular formula is C100H97N13O4. The van der Waals surface area contributed by atoms with Crippen LogP contribution >= 0.6 is 0 Å². The van der Waals surface area contributed by atoms with E-state index in [1.807, 2.05) is 70.3 Å². The Morgan fingerprint density at radius 2 is 0.632 bits per heavy atom. The van der Waals surface area contributed by atoms with Gasteiger partial charge in [-0.3, -0.25) is 0 Å². The highest BCUT2D eigenvalue weighted by Gasteiger charge is 2.40. The number of nitrogens with zero attached hydrogens (tertiary/aromatic N) is 13. The van der Waals surface area contributed by atoms with Gasteiger partial charge in [-0.25, -0.2) is 24.9 Å². The van der Waals surface area contributed by atoms with Crippen LogP contribution in [0.15, 0.2) is 261 Å². The molecule has 4 unspecified atom stereocenters. The van der Waals surface area contributed by atoms with Gasteiger partial charge in [0, 0.05) is 121 Å². The minimum absolute atomic E-state index is 0.0898. The first-order chi connectivity index (χ1) is 56.6. The molecule has 8 aromatic carbocycles. The van der Waals surface area contributed by atoms with Crippen molar-refractivity contribution in [3.8, 4) is 0 Å². The zero-order valence-electron chi connectivity index (χ0n) is 69.5. The molecule has 0 radical (unpaired) electrons. The van der Waals surface area contributed by atoms with Gasteiger partial charge in [-0.2, -0.15) is 0 Å². The molecule has 21 rings (SSSR count). The molecule has 4 aliphatic heterocycles. The van der Waals surface area contributed by atoms with Crippen LogP contribution in [0.25, 0.3) is 88.3 Å². The second-order valence-corrected chi connectivity index (χ2v) is 32.1. The number of para-hydroxylation sites is 5. The fourth-order valence-corrected chi connectivity index (χ4v) is 17.7. The Kier molecular flexibility index (Phi) is 19.1. The fraction of sp³-hybridized carbons (Fsp3) is 0.230. The van der Waals surface area contributed by atoms with Crippen LogP contribution < -0.4 is 39.2 Å². The molecule has 0 N–H and O–H groups in total. The maximum absolute atomic E-state index is 6.39. The molecule has 0 aliphatic carbocycles. The summed E-state index contributed by atoms with van der Waals surface area (Å²) in [6.07, 6.45) is 11.0. The maximum atomic E-state index is 6.39. The fourth-order valence-electron chi connectivity index (χ4n) is 17.7. The van der Waals surface area contributed by atoms with Crippen molar-refractivity contribution in [2.75, 3.05) is 46.2 Å². The number of hydrogen-bond donors (Lipinski definition) is 0. The Morgan fingerprint density at radius 3 is 1.06 bits per heavy atom. The number of anilines is 11. The Labute approximate surface area is 682 Å². The summed E-state index contributed by atoms with van der Waals surface area (Å²) in [6, 6.07) is 74.3. The smallest absolute Gasteiger partial charge is 0.227 e. The quantitative estimate of drug-likeness (QED) is 0.135. The first kappa shape index (κ1) is 75.0. The topological polar surface area (TPSA) is 143 Å². The van der Waals surface area contributed by atoms with Crippen LogP contribution in [0.3, 0.4) is 0 Å². The van der Waals surface area contributed by atoms with E-state index in [0.717, 1.165) is 128 Å². The largest absolute Gasteiger partial charge is 0.435 e. The molecule has 0 spiro atoms. The van der Waals surface area contributed by atoms with Gasteiger partial charge >= 0.3 is 0 Å². The Hall–Kier alpha value is -13.4. The van der Waals surface area contributed by atoms with Gasteiger partial charge in [0.1, 0.15) is 24.7 Å². The summed E-state index contributed by atoms with van der Waals surface area (Å²) in [5, 5.41) is 8.65. The second-order valence-electron chi connectivity index (χ2n) is 32.1. The molecule has 0 bridgehead atoms. The van der Waals surface area contributed by atoms with Crippen molar-refractivity contribution in [2.45, 2.75) is 147 Å². The van der Waals surface area contributed by atoms with E-state index in [9.17, 15) is 0 Å². The number of rotatable bonds is 9. The van der Waals surface area contributed by atoms with Gasteiger partial charge in [-0.15, -0.1) is 0 Å². The predicted octanol–water partition coefficient (Wildman–Crippen LogP) is 25.9. The van der Waals surface area contributed by atoms with Crippen LogP contribution in [0.5, 0.6) is 0 Å². The zero-order chi connectivity index (χ0) is 81.1. The summed E-state index contributed by atoms with van der Waals surface area (Å²) in [4.78, 5) is 41.7. The van der Waals surface area contributed by atoms with Crippen LogP contribution in [0.4, 0.5) is 62.7 Å². The van der Waals surface area contributed by atoms with E-state index in [-0.39, 0.29) is 24.7 Å². The van der Waals surface area contributed by atoms with E-state index in [4.69, 9.17) is 17.7 Å². The molecule has 4 atom stereocenters. The van der Waals surface area contributed by atoms with Gasteiger partial charge in [-0.05, 0) is 225 Å². The number of hydrogen-bond acceptors (Lipinski definition) is 17. The Balaban J connectivity index is 0.000000108. The van der Waals surface area contributed by atoms with E-state index < -0.39 is 0 Å². The lowest BCUT2D eigenvalue weighted by atomic mass is 9.92. The zero-order valence-corrected chi connectivity index (χ0v) is 69.5. The molecule has 0 saturated heterocycles. The van der Waals surface area contributed by atoms with Gasteiger partial charge in [0.25, 0.3) is 0 Å². The molecule has 17 heteroatoms. The van der Waals surface area contributed by atoms with Crippen molar-refractivity contribution in [1.82, 2.24) is 24.9 Å². The molecule has 13 heterocycles. The van der Waals surface area contributed by atoms with Crippen LogP contribution in [-0.2, 0) is 0 Å². The standard InChI is InChI=1S/C29H33N3O.C27H23N3O.C23H21N3O.C21H20N4O/c1-17(2)22-9-8-10-23(18(3)4)27(22)32-16-15-31(21(32)7)26-19(5)11-13-24-25-14-12-20(6)30-29(25)33-28(24)26;1-17-13-15-21-22-16-14-18(2)28-27(22)31-26(21)25(17)30-19(3)29(20-9-5-4-6-10-20)23-11-7-8-12-24(23)30;1-15-9-11-19-20-12-10-16(2)24-23(20)27-22(19)21(15)26-14-13-25(17(26)3)18-7-5-4-6-8-18;1-12-7-9-15-16-10-8-13(2)23-21(16)26-19(15)18(12)25-14(3)24(4)17-6-5-11-22-20(17)25/h8-18,21H,1-7H3;4-16,19H,1-3H3;4-14,17H,1-3H3;5-11,14H,1-4H3. The van der Waals surface area contributed by atoms with E-state index in [0.29, 0.717) is 34.7 Å². The van der Waals surface area contributed by atoms with Crippen molar-refractivity contribution in [3.63, 3.8) is 0 Å². The van der Waals surface area contributed by atoms with Gasteiger partial charge in [-0.1, -0.05) is 143 Å². The lowest BCUT2D eigenvalue weighted by Gasteiger charge is -2.34. The van der Waals surface area contributed by atoms with Gasteiger partial charge in [0.15, 0.2) is 28.1 Å². The van der Waals surface area contributed by atoms with Crippen molar-refractivity contribution in [1.29, 1.82) is 0 Å². The van der Waals surface area contributed by atoms with E-state index in [1.165, 1.54) is 56.3 Å². The Bertz CT molecular complexity index is 6750. The predicted molar refractivity (Wildman–Crippen MR) is 483 cm³/mol. The highest BCUT2D eigenvalue weighted by atomic mass is 16.4. The normalized spacial score (nSPS) is 16.4. The lowest BCUT2D eigenvalue weighted by Crippen LogP contribution is -2.37.